The smallest absolute Gasteiger partial charge is 0.192 e. The van der Waals surface area contributed by atoms with Crippen LogP contribution in [-0.2, 0) is 36.6 Å². The van der Waals surface area contributed by atoms with Gasteiger partial charge in [-0.1, -0.05) is 93.5 Å². The predicted molar refractivity (Wildman–Crippen MR) is 151 cm³/mol. The first-order chi connectivity index (χ1) is 18.2. The molecule has 1 aliphatic rings. The summed E-state index contributed by atoms with van der Waals surface area (Å²) in [4.78, 5) is 3.12. The van der Waals surface area contributed by atoms with Crippen molar-refractivity contribution < 1.29 is 23.4 Å². The number of benzene rings is 2. The van der Waals surface area contributed by atoms with E-state index < -0.39 is 39.0 Å². The Labute approximate surface area is 228 Å². The zero-order valence-electron chi connectivity index (χ0n) is 23.6. The second-order valence-corrected chi connectivity index (χ2v) is 16.0. The molecule has 2 unspecified atom stereocenters. The quantitative estimate of drug-likeness (QED) is 0.118. The van der Waals surface area contributed by atoms with E-state index >= 15 is 0 Å². The van der Waals surface area contributed by atoms with Crippen LogP contribution >= 0.6 is 0 Å². The molecule has 1 heterocycles. The van der Waals surface area contributed by atoms with E-state index in [1.807, 2.05) is 67.6 Å². The van der Waals surface area contributed by atoms with E-state index in [0.29, 0.717) is 26.4 Å². The third-order valence-corrected chi connectivity index (χ3v) is 11.8. The Balaban J connectivity index is 1.93. The normalized spacial score (nSPS) is 24.1. The Kier molecular flexibility index (Phi) is 11.4. The topological polar surface area (TPSA) is 94.9 Å². The summed E-state index contributed by atoms with van der Waals surface area (Å²) in [5.74, 6) is 0. The Bertz CT molecular complexity index is 1010. The molecule has 0 aromatic heterocycles. The van der Waals surface area contributed by atoms with Crippen molar-refractivity contribution in [2.75, 3.05) is 13.2 Å². The first-order valence-electron chi connectivity index (χ1n) is 13.4. The molecule has 8 nitrogen and oxygen atoms in total. The van der Waals surface area contributed by atoms with Crippen molar-refractivity contribution >= 4 is 8.32 Å². The van der Waals surface area contributed by atoms with Gasteiger partial charge in [0.2, 0.25) is 0 Å². The molecular formula is C29H43N3O5Si. The molecule has 5 atom stereocenters. The van der Waals surface area contributed by atoms with Crippen molar-refractivity contribution in [3.05, 3.63) is 82.2 Å². The van der Waals surface area contributed by atoms with Crippen LogP contribution in [0.5, 0.6) is 0 Å². The third-order valence-electron chi connectivity index (χ3n) is 7.27. The molecular weight excluding hydrogens is 498 g/mol. The van der Waals surface area contributed by atoms with Gasteiger partial charge in [0.15, 0.2) is 14.6 Å². The van der Waals surface area contributed by atoms with Gasteiger partial charge in [-0.05, 0) is 41.2 Å². The zero-order chi connectivity index (χ0) is 27.6. The molecule has 0 bridgehead atoms. The number of rotatable bonds is 13. The molecule has 1 aliphatic heterocycles. The lowest BCUT2D eigenvalue weighted by atomic mass is 9.96. The highest BCUT2D eigenvalue weighted by molar-refractivity contribution is 6.74. The van der Waals surface area contributed by atoms with E-state index in [9.17, 15) is 5.53 Å². The van der Waals surface area contributed by atoms with Gasteiger partial charge in [-0.15, -0.1) is 0 Å². The number of hydrogen-bond acceptors (Lipinski definition) is 6. The maximum atomic E-state index is 9.46. The molecule has 0 saturated carbocycles. The second-order valence-electron chi connectivity index (χ2n) is 11.2. The molecule has 1 fully saturated rings. The number of ether oxygens (including phenoxy) is 4. The van der Waals surface area contributed by atoms with E-state index in [4.69, 9.17) is 23.4 Å². The summed E-state index contributed by atoms with van der Waals surface area (Å²) >= 11 is 0. The molecule has 9 heteroatoms. The van der Waals surface area contributed by atoms with Crippen molar-refractivity contribution in [3.63, 3.8) is 0 Å². The third kappa shape index (κ3) is 8.38. The largest absolute Gasteiger partial charge is 0.414 e. The van der Waals surface area contributed by atoms with Crippen molar-refractivity contribution in [1.29, 1.82) is 0 Å². The van der Waals surface area contributed by atoms with Gasteiger partial charge in [-0.2, -0.15) is 0 Å². The molecule has 0 N–H and O–H groups in total. The lowest BCUT2D eigenvalue weighted by Crippen LogP contribution is -2.61. The maximum Gasteiger partial charge on any atom is 0.192 e. The zero-order valence-corrected chi connectivity index (χ0v) is 24.6. The Morgan fingerprint density at radius 1 is 0.895 bits per heavy atom. The van der Waals surface area contributed by atoms with E-state index in [1.54, 1.807) is 0 Å². The molecule has 2 aromatic carbocycles. The highest BCUT2D eigenvalue weighted by Crippen LogP contribution is 2.38. The van der Waals surface area contributed by atoms with Gasteiger partial charge in [0, 0.05) is 11.5 Å². The summed E-state index contributed by atoms with van der Waals surface area (Å²) in [6, 6.07) is 19.2. The van der Waals surface area contributed by atoms with E-state index in [2.05, 4.69) is 43.9 Å². The highest BCUT2D eigenvalue weighted by atomic mass is 28.4. The van der Waals surface area contributed by atoms with Crippen molar-refractivity contribution in [1.82, 2.24) is 0 Å². The average molecular weight is 542 g/mol. The lowest BCUT2D eigenvalue weighted by molar-refractivity contribution is -0.282. The fourth-order valence-corrected chi connectivity index (χ4v) is 5.03. The Morgan fingerprint density at radius 3 is 1.95 bits per heavy atom. The first-order valence-corrected chi connectivity index (χ1v) is 16.3. The van der Waals surface area contributed by atoms with Gasteiger partial charge in [-0.25, -0.2) is 0 Å². The Hall–Kier alpha value is -2.23. The summed E-state index contributed by atoms with van der Waals surface area (Å²) in [5.41, 5.74) is 11.5. The molecule has 0 amide bonds. The summed E-state index contributed by atoms with van der Waals surface area (Å²) in [6.07, 6.45) is -1.58. The minimum atomic E-state index is -2.08. The fourth-order valence-electron chi connectivity index (χ4n) is 4.01. The SMILES string of the molecule is CCCO[C@@H]1OC(CO[Si](C)(C)C(C)(C)C)[C@H](OCc2ccccc2)[C@H](OCc2ccccc2)C1N=[N+]=[N-]. The van der Waals surface area contributed by atoms with Crippen LogP contribution < -0.4 is 0 Å². The molecule has 208 valence electrons. The van der Waals surface area contributed by atoms with E-state index in [-0.39, 0.29) is 5.04 Å². The number of hydrogen-bond donors (Lipinski definition) is 0. The molecule has 3 rings (SSSR count). The van der Waals surface area contributed by atoms with Crippen LogP contribution in [0.25, 0.3) is 10.4 Å². The van der Waals surface area contributed by atoms with Crippen LogP contribution in [0.2, 0.25) is 18.1 Å². The van der Waals surface area contributed by atoms with Gasteiger partial charge < -0.3 is 23.4 Å². The van der Waals surface area contributed by atoms with Crippen LogP contribution in [0.3, 0.4) is 0 Å². The van der Waals surface area contributed by atoms with Crippen LogP contribution in [0.4, 0.5) is 0 Å². The summed E-state index contributed by atoms with van der Waals surface area (Å²) < 4.78 is 32.1. The first kappa shape index (κ1) is 30.3. The summed E-state index contributed by atoms with van der Waals surface area (Å²) in [5, 5.41) is 4.13. The van der Waals surface area contributed by atoms with Crippen molar-refractivity contribution in [2.45, 2.75) is 96.1 Å². The molecule has 2 aromatic rings. The van der Waals surface area contributed by atoms with Gasteiger partial charge >= 0.3 is 0 Å². The lowest BCUT2D eigenvalue weighted by Gasteiger charge is -2.46. The monoisotopic (exact) mass is 541 g/mol. The standard InChI is InChI=1S/C29H43N3O5Si/c1-7-18-33-28-25(31-32-30)27(35-20-23-16-12-9-13-17-23)26(34-19-22-14-10-8-11-15-22)24(37-28)21-36-38(5,6)29(2,3)4/h8-17,24-28H,7,18-21H2,1-6H3/t24?,25?,26-,27+,28+/m0/s1. The summed E-state index contributed by atoms with van der Waals surface area (Å²) in [6.45, 7) is 14.6. The molecule has 0 aliphatic carbocycles. The van der Waals surface area contributed by atoms with Crippen molar-refractivity contribution in [2.24, 2.45) is 5.11 Å². The molecule has 38 heavy (non-hydrogen) atoms. The van der Waals surface area contributed by atoms with E-state index in [0.717, 1.165) is 17.5 Å². The molecule has 0 radical (unpaired) electrons. The second kappa shape index (κ2) is 14.2. The predicted octanol–water partition coefficient (Wildman–Crippen LogP) is 7.01. The number of azide groups is 1. The Morgan fingerprint density at radius 2 is 1.45 bits per heavy atom. The minimum Gasteiger partial charge on any atom is -0.414 e. The van der Waals surface area contributed by atoms with Gasteiger partial charge in [0.05, 0.1) is 19.8 Å². The van der Waals surface area contributed by atoms with Gasteiger partial charge in [0.1, 0.15) is 24.4 Å². The van der Waals surface area contributed by atoms with Gasteiger partial charge in [0.25, 0.3) is 0 Å². The fraction of sp³-hybridized carbons (Fsp3) is 0.586. The maximum absolute atomic E-state index is 9.46. The van der Waals surface area contributed by atoms with Crippen molar-refractivity contribution in [3.8, 4) is 0 Å². The number of nitrogens with zero attached hydrogens (tertiary/aromatic N) is 3. The van der Waals surface area contributed by atoms with Crippen LogP contribution in [0.1, 0.15) is 45.2 Å². The molecule has 0 spiro atoms. The average Bonchev–Trinajstić information content (AvgIpc) is 2.90. The van der Waals surface area contributed by atoms with E-state index in [1.165, 1.54) is 0 Å². The molecule has 1 saturated heterocycles. The van der Waals surface area contributed by atoms with Gasteiger partial charge in [-0.3, -0.25) is 0 Å². The van der Waals surface area contributed by atoms with Crippen LogP contribution in [0, 0.1) is 0 Å². The highest BCUT2D eigenvalue weighted by Gasteiger charge is 2.49. The van der Waals surface area contributed by atoms with Crippen LogP contribution in [-0.4, -0.2) is 52.2 Å². The minimum absolute atomic E-state index is 0.0387. The van der Waals surface area contributed by atoms with Crippen LogP contribution in [0.15, 0.2) is 65.8 Å². The summed E-state index contributed by atoms with van der Waals surface area (Å²) in [7, 11) is -2.08.